The Morgan fingerprint density at radius 1 is 1.44 bits per heavy atom. The van der Waals surface area contributed by atoms with Gasteiger partial charge in [0.05, 0.1) is 12.6 Å². The molecular formula is C12H17ClN2O. The number of halogens is 1. The first-order chi connectivity index (χ1) is 7.81. The van der Waals surface area contributed by atoms with Crippen LogP contribution in [0.4, 0.5) is 5.69 Å². The van der Waals surface area contributed by atoms with E-state index in [2.05, 4.69) is 11.0 Å². The molecule has 0 spiro atoms. The van der Waals surface area contributed by atoms with Gasteiger partial charge in [-0.25, -0.2) is 5.90 Å². The SMILES string of the molecule is NOCC1CCCCN1c1cccc(Cl)c1. The zero-order chi connectivity index (χ0) is 11.4. The summed E-state index contributed by atoms with van der Waals surface area (Å²) in [6.45, 7) is 1.63. The molecule has 1 heterocycles. The van der Waals surface area contributed by atoms with Crippen molar-refractivity contribution < 1.29 is 4.84 Å². The van der Waals surface area contributed by atoms with Gasteiger partial charge in [0.2, 0.25) is 0 Å². The second-order valence-corrected chi connectivity index (χ2v) is 4.59. The first-order valence-electron chi connectivity index (χ1n) is 5.65. The van der Waals surface area contributed by atoms with Crippen LogP contribution in [-0.4, -0.2) is 19.2 Å². The molecule has 1 saturated heterocycles. The molecule has 16 heavy (non-hydrogen) atoms. The molecule has 2 N–H and O–H groups in total. The zero-order valence-electron chi connectivity index (χ0n) is 9.23. The molecular weight excluding hydrogens is 224 g/mol. The monoisotopic (exact) mass is 240 g/mol. The molecule has 0 aromatic heterocycles. The number of piperidine rings is 1. The van der Waals surface area contributed by atoms with E-state index in [1.807, 2.05) is 18.2 Å². The summed E-state index contributed by atoms with van der Waals surface area (Å²) in [5.74, 6) is 5.18. The van der Waals surface area contributed by atoms with Crippen LogP contribution in [0, 0.1) is 0 Å². The first kappa shape index (κ1) is 11.7. The van der Waals surface area contributed by atoms with Crippen molar-refractivity contribution in [1.82, 2.24) is 0 Å². The molecule has 0 amide bonds. The zero-order valence-corrected chi connectivity index (χ0v) is 9.99. The van der Waals surface area contributed by atoms with Gasteiger partial charge in [-0.2, -0.15) is 0 Å². The quantitative estimate of drug-likeness (QED) is 0.826. The maximum Gasteiger partial charge on any atom is 0.0882 e. The highest BCUT2D eigenvalue weighted by Gasteiger charge is 2.22. The van der Waals surface area contributed by atoms with Crippen LogP contribution in [0.5, 0.6) is 0 Å². The summed E-state index contributed by atoms with van der Waals surface area (Å²) in [7, 11) is 0. The van der Waals surface area contributed by atoms with Crippen molar-refractivity contribution in [2.75, 3.05) is 18.1 Å². The number of nitrogens with zero attached hydrogens (tertiary/aromatic N) is 1. The van der Waals surface area contributed by atoms with Crippen LogP contribution in [0.1, 0.15) is 19.3 Å². The molecule has 1 unspecified atom stereocenters. The second-order valence-electron chi connectivity index (χ2n) is 4.16. The summed E-state index contributed by atoms with van der Waals surface area (Å²) in [5.41, 5.74) is 1.16. The van der Waals surface area contributed by atoms with Crippen molar-refractivity contribution in [3.8, 4) is 0 Å². The van der Waals surface area contributed by atoms with E-state index in [0.29, 0.717) is 12.6 Å². The number of hydrogen-bond acceptors (Lipinski definition) is 3. The van der Waals surface area contributed by atoms with Gasteiger partial charge in [0.25, 0.3) is 0 Å². The fourth-order valence-corrected chi connectivity index (χ4v) is 2.46. The third kappa shape index (κ3) is 2.67. The van der Waals surface area contributed by atoms with E-state index < -0.39 is 0 Å². The molecule has 1 aliphatic rings. The highest BCUT2D eigenvalue weighted by Crippen LogP contribution is 2.26. The Balaban J connectivity index is 2.16. The van der Waals surface area contributed by atoms with Crippen LogP contribution >= 0.6 is 11.6 Å². The molecule has 1 aliphatic heterocycles. The number of benzene rings is 1. The molecule has 4 heteroatoms. The van der Waals surface area contributed by atoms with E-state index in [1.165, 1.54) is 12.8 Å². The normalized spacial score (nSPS) is 21.1. The summed E-state index contributed by atoms with van der Waals surface area (Å²) < 4.78 is 0. The van der Waals surface area contributed by atoms with Gasteiger partial charge in [0, 0.05) is 17.3 Å². The van der Waals surface area contributed by atoms with E-state index in [-0.39, 0.29) is 0 Å². The Kier molecular flexibility index (Phi) is 4.04. The van der Waals surface area contributed by atoms with Crippen molar-refractivity contribution >= 4 is 17.3 Å². The number of rotatable bonds is 3. The lowest BCUT2D eigenvalue weighted by Gasteiger charge is -2.37. The molecule has 0 bridgehead atoms. The van der Waals surface area contributed by atoms with Crippen molar-refractivity contribution in [2.24, 2.45) is 5.90 Å². The fourth-order valence-electron chi connectivity index (χ4n) is 2.28. The van der Waals surface area contributed by atoms with Gasteiger partial charge >= 0.3 is 0 Å². The minimum Gasteiger partial charge on any atom is -0.366 e. The van der Waals surface area contributed by atoms with E-state index in [0.717, 1.165) is 23.7 Å². The molecule has 1 fully saturated rings. The largest absolute Gasteiger partial charge is 0.366 e. The highest BCUT2D eigenvalue weighted by molar-refractivity contribution is 6.30. The first-order valence-corrected chi connectivity index (χ1v) is 6.03. The van der Waals surface area contributed by atoms with Crippen LogP contribution in [0.3, 0.4) is 0 Å². The lowest BCUT2D eigenvalue weighted by Crippen LogP contribution is -2.43. The highest BCUT2D eigenvalue weighted by atomic mass is 35.5. The van der Waals surface area contributed by atoms with Gasteiger partial charge in [-0.3, -0.25) is 0 Å². The Hall–Kier alpha value is -0.770. The summed E-state index contributed by atoms with van der Waals surface area (Å²) >= 11 is 6.01. The Labute approximate surface area is 101 Å². The average molecular weight is 241 g/mol. The van der Waals surface area contributed by atoms with Gasteiger partial charge in [-0.15, -0.1) is 0 Å². The Morgan fingerprint density at radius 3 is 3.06 bits per heavy atom. The van der Waals surface area contributed by atoms with Crippen LogP contribution in [-0.2, 0) is 4.84 Å². The topological polar surface area (TPSA) is 38.5 Å². The van der Waals surface area contributed by atoms with E-state index in [1.54, 1.807) is 0 Å². The van der Waals surface area contributed by atoms with Gasteiger partial charge < -0.3 is 9.74 Å². The third-order valence-corrected chi connectivity index (χ3v) is 3.29. The predicted molar refractivity (Wildman–Crippen MR) is 66.6 cm³/mol. The molecule has 0 aliphatic carbocycles. The summed E-state index contributed by atoms with van der Waals surface area (Å²) in [5, 5.41) is 0.774. The minimum atomic E-state index is 0.372. The average Bonchev–Trinajstić information content (AvgIpc) is 2.30. The lowest BCUT2D eigenvalue weighted by molar-refractivity contribution is 0.114. The van der Waals surface area contributed by atoms with Crippen LogP contribution in [0.25, 0.3) is 0 Å². The standard InChI is InChI=1S/C12H17ClN2O/c13-10-4-3-6-11(8-10)15-7-2-1-5-12(15)9-16-14/h3-4,6,8,12H,1-2,5,7,9,14H2. The molecule has 0 radical (unpaired) electrons. The van der Waals surface area contributed by atoms with E-state index >= 15 is 0 Å². The number of anilines is 1. The summed E-state index contributed by atoms with van der Waals surface area (Å²) in [4.78, 5) is 7.12. The Bertz CT molecular complexity index is 344. The van der Waals surface area contributed by atoms with Crippen molar-refractivity contribution in [3.05, 3.63) is 29.3 Å². The smallest absolute Gasteiger partial charge is 0.0882 e. The van der Waals surface area contributed by atoms with Gasteiger partial charge in [0.15, 0.2) is 0 Å². The lowest BCUT2D eigenvalue weighted by atomic mass is 10.0. The molecule has 3 nitrogen and oxygen atoms in total. The molecule has 1 aromatic rings. The summed E-state index contributed by atoms with van der Waals surface area (Å²) in [6, 6.07) is 8.32. The van der Waals surface area contributed by atoms with E-state index in [9.17, 15) is 0 Å². The third-order valence-electron chi connectivity index (χ3n) is 3.06. The van der Waals surface area contributed by atoms with Crippen LogP contribution < -0.4 is 10.8 Å². The van der Waals surface area contributed by atoms with Crippen LogP contribution in [0.2, 0.25) is 5.02 Å². The minimum absolute atomic E-state index is 0.372. The van der Waals surface area contributed by atoms with Crippen molar-refractivity contribution in [2.45, 2.75) is 25.3 Å². The van der Waals surface area contributed by atoms with Gasteiger partial charge in [0.1, 0.15) is 0 Å². The van der Waals surface area contributed by atoms with Crippen LogP contribution in [0.15, 0.2) is 24.3 Å². The maximum atomic E-state index is 6.01. The maximum absolute atomic E-state index is 6.01. The molecule has 88 valence electrons. The predicted octanol–water partition coefficient (Wildman–Crippen LogP) is 2.59. The second kappa shape index (κ2) is 5.53. The molecule has 1 aromatic carbocycles. The molecule has 2 rings (SSSR count). The van der Waals surface area contributed by atoms with Crippen molar-refractivity contribution in [1.29, 1.82) is 0 Å². The van der Waals surface area contributed by atoms with Crippen molar-refractivity contribution in [3.63, 3.8) is 0 Å². The summed E-state index contributed by atoms with van der Waals surface area (Å²) in [6.07, 6.45) is 3.59. The number of nitrogens with two attached hydrogens (primary N) is 1. The Morgan fingerprint density at radius 2 is 2.31 bits per heavy atom. The number of hydrogen-bond donors (Lipinski definition) is 1. The van der Waals surface area contributed by atoms with Gasteiger partial charge in [-0.05, 0) is 37.5 Å². The molecule has 1 atom stereocenters. The molecule has 0 saturated carbocycles. The van der Waals surface area contributed by atoms with E-state index in [4.69, 9.17) is 22.3 Å². The fraction of sp³-hybridized carbons (Fsp3) is 0.500. The van der Waals surface area contributed by atoms with Gasteiger partial charge in [-0.1, -0.05) is 17.7 Å².